The molecule has 2 aromatic rings. The van der Waals surface area contributed by atoms with Gasteiger partial charge >= 0.3 is 0 Å². The van der Waals surface area contributed by atoms with E-state index in [1.165, 1.54) is 17.4 Å². The van der Waals surface area contributed by atoms with Gasteiger partial charge in [-0.1, -0.05) is 13.0 Å². The number of benzene rings is 1. The molecule has 1 heterocycles. The van der Waals surface area contributed by atoms with Gasteiger partial charge in [-0.25, -0.2) is 22.2 Å². The van der Waals surface area contributed by atoms with Crippen molar-refractivity contribution in [2.75, 3.05) is 5.75 Å². The molecule has 0 unspecified atom stereocenters. The van der Waals surface area contributed by atoms with E-state index in [-0.39, 0.29) is 17.7 Å². The van der Waals surface area contributed by atoms with Crippen molar-refractivity contribution in [1.29, 1.82) is 0 Å². The fraction of sp³-hybridized carbons (Fsp3) is 0.400. The number of rotatable bonds is 6. The van der Waals surface area contributed by atoms with Gasteiger partial charge in [-0.2, -0.15) is 0 Å². The molecule has 0 aliphatic carbocycles. The minimum absolute atomic E-state index is 0.0323. The molecule has 2 rings (SSSR count). The monoisotopic (exact) mass is 345 g/mol. The summed E-state index contributed by atoms with van der Waals surface area (Å²) in [4.78, 5) is 5.00. The lowest BCUT2D eigenvalue weighted by Crippen LogP contribution is -2.19. The lowest BCUT2D eigenvalue weighted by Gasteiger charge is -2.17. The van der Waals surface area contributed by atoms with Crippen molar-refractivity contribution in [3.63, 3.8) is 0 Å². The van der Waals surface area contributed by atoms with Crippen molar-refractivity contribution in [3.8, 4) is 0 Å². The molecule has 0 N–H and O–H groups in total. The molecule has 0 aliphatic heterocycles. The maximum Gasteiger partial charge on any atom is 0.157 e. The van der Waals surface area contributed by atoms with Crippen molar-refractivity contribution in [2.24, 2.45) is 0 Å². The third kappa shape index (κ3) is 3.70. The summed E-state index contributed by atoms with van der Waals surface area (Å²) in [6, 6.07) is 3.03. The fourth-order valence-corrected chi connectivity index (χ4v) is 5.14. The van der Waals surface area contributed by atoms with Gasteiger partial charge in [-0.3, -0.25) is 0 Å². The molecular weight excluding hydrogens is 328 g/mol. The largest absolute Gasteiger partial charge is 0.250 e. The number of aryl methyl sites for hydroxylation is 2. The van der Waals surface area contributed by atoms with Crippen LogP contribution in [-0.2, 0) is 16.3 Å². The zero-order valence-electron chi connectivity index (χ0n) is 12.3. The number of nitrogens with zero attached hydrogens (tertiary/aromatic N) is 1. The molecule has 1 atom stereocenters. The Morgan fingerprint density at radius 3 is 2.59 bits per heavy atom. The van der Waals surface area contributed by atoms with Gasteiger partial charge in [0.15, 0.2) is 9.84 Å². The summed E-state index contributed by atoms with van der Waals surface area (Å²) < 4.78 is 51.9. The molecule has 120 valence electrons. The summed E-state index contributed by atoms with van der Waals surface area (Å²) in [6.45, 7) is 3.51. The van der Waals surface area contributed by atoms with Gasteiger partial charge in [0.2, 0.25) is 0 Å². The lowest BCUT2D eigenvalue weighted by molar-refractivity contribution is 0.551. The highest BCUT2D eigenvalue weighted by molar-refractivity contribution is 7.91. The molecule has 0 saturated carbocycles. The second-order valence-corrected chi connectivity index (χ2v) is 8.28. The summed E-state index contributed by atoms with van der Waals surface area (Å²) >= 11 is 1.41. The standard InChI is InChI=1S/C15H17F2NO2S2/c1-3-15(12-5-4-11(16)8-13(12)17)22(19,20)7-6-14-10(2)18-9-21-14/h4-5,8-9,15H,3,6-7H2,1-2H3/t15-/m0/s1. The molecule has 7 heteroatoms. The van der Waals surface area contributed by atoms with Crippen LogP contribution < -0.4 is 0 Å². The second kappa shape index (κ2) is 6.83. The topological polar surface area (TPSA) is 47.0 Å². The number of halogens is 2. The molecule has 0 bridgehead atoms. The van der Waals surface area contributed by atoms with Crippen molar-refractivity contribution < 1.29 is 17.2 Å². The minimum atomic E-state index is -3.54. The highest BCUT2D eigenvalue weighted by Crippen LogP contribution is 2.30. The van der Waals surface area contributed by atoms with Crippen LogP contribution in [0.1, 0.15) is 34.7 Å². The maximum absolute atomic E-state index is 13.9. The number of thiazole rings is 1. The van der Waals surface area contributed by atoms with Crippen LogP contribution in [0.15, 0.2) is 23.7 Å². The highest BCUT2D eigenvalue weighted by Gasteiger charge is 2.28. The number of hydrogen-bond acceptors (Lipinski definition) is 4. The Morgan fingerprint density at radius 2 is 2.05 bits per heavy atom. The van der Waals surface area contributed by atoms with E-state index in [1.54, 1.807) is 12.4 Å². The fourth-order valence-electron chi connectivity index (χ4n) is 2.37. The Bertz CT molecular complexity index is 757. The van der Waals surface area contributed by atoms with Gasteiger partial charge in [0.25, 0.3) is 0 Å². The zero-order valence-corrected chi connectivity index (χ0v) is 14.0. The Kier molecular flexibility index (Phi) is 5.28. The first-order valence-corrected chi connectivity index (χ1v) is 9.50. The Morgan fingerprint density at radius 1 is 1.32 bits per heavy atom. The quantitative estimate of drug-likeness (QED) is 0.799. The van der Waals surface area contributed by atoms with E-state index in [0.717, 1.165) is 22.7 Å². The number of sulfone groups is 1. The summed E-state index contributed by atoms with van der Waals surface area (Å²) in [6.07, 6.45) is 0.602. The average molecular weight is 345 g/mol. The summed E-state index contributed by atoms with van der Waals surface area (Å²) in [7, 11) is -3.54. The van der Waals surface area contributed by atoms with Crippen LogP contribution in [0.2, 0.25) is 0 Å². The summed E-state index contributed by atoms with van der Waals surface area (Å²) in [5.41, 5.74) is 2.53. The molecule has 0 radical (unpaired) electrons. The summed E-state index contributed by atoms with van der Waals surface area (Å²) in [5.74, 6) is -1.61. The van der Waals surface area contributed by atoms with Crippen molar-refractivity contribution in [3.05, 3.63) is 51.5 Å². The molecule has 22 heavy (non-hydrogen) atoms. The zero-order chi connectivity index (χ0) is 16.3. The van der Waals surface area contributed by atoms with Crippen LogP contribution in [0, 0.1) is 18.6 Å². The van der Waals surface area contributed by atoms with Crippen molar-refractivity contribution in [1.82, 2.24) is 4.98 Å². The van der Waals surface area contributed by atoms with E-state index in [9.17, 15) is 17.2 Å². The molecule has 0 fully saturated rings. The molecule has 3 nitrogen and oxygen atoms in total. The molecule has 0 spiro atoms. The molecule has 0 amide bonds. The van der Waals surface area contributed by atoms with Gasteiger partial charge in [-0.05, 0) is 25.8 Å². The van der Waals surface area contributed by atoms with Crippen molar-refractivity contribution in [2.45, 2.75) is 31.9 Å². The first-order chi connectivity index (χ1) is 10.3. The first-order valence-electron chi connectivity index (χ1n) is 6.90. The van der Waals surface area contributed by atoms with E-state index >= 15 is 0 Å². The molecular formula is C15H17F2NO2S2. The SMILES string of the molecule is CC[C@@H](c1ccc(F)cc1F)S(=O)(=O)CCc1scnc1C. The predicted molar refractivity (Wildman–Crippen MR) is 83.7 cm³/mol. The minimum Gasteiger partial charge on any atom is -0.250 e. The van der Waals surface area contributed by atoms with E-state index in [0.29, 0.717) is 6.42 Å². The van der Waals surface area contributed by atoms with Gasteiger partial charge in [-0.15, -0.1) is 11.3 Å². The van der Waals surface area contributed by atoms with E-state index in [1.807, 2.05) is 6.92 Å². The predicted octanol–water partition coefficient (Wildman–Crippen LogP) is 3.84. The molecule has 1 aromatic carbocycles. The molecule has 0 saturated heterocycles. The third-order valence-electron chi connectivity index (χ3n) is 3.57. The lowest BCUT2D eigenvalue weighted by atomic mass is 10.1. The molecule has 1 aromatic heterocycles. The van der Waals surface area contributed by atoms with E-state index < -0.39 is 26.7 Å². The first kappa shape index (κ1) is 17.0. The smallest absolute Gasteiger partial charge is 0.157 e. The van der Waals surface area contributed by atoms with E-state index in [2.05, 4.69) is 4.98 Å². The Balaban J connectivity index is 2.23. The summed E-state index contributed by atoms with van der Waals surface area (Å²) in [5, 5.41) is -0.957. The van der Waals surface area contributed by atoms with Crippen LogP contribution in [-0.4, -0.2) is 19.2 Å². The Labute approximate surface area is 132 Å². The van der Waals surface area contributed by atoms with Crippen LogP contribution in [0.25, 0.3) is 0 Å². The van der Waals surface area contributed by atoms with E-state index in [4.69, 9.17) is 0 Å². The normalized spacial score (nSPS) is 13.3. The highest BCUT2D eigenvalue weighted by atomic mass is 32.2. The van der Waals surface area contributed by atoms with Gasteiger partial charge in [0.1, 0.15) is 11.6 Å². The second-order valence-electron chi connectivity index (χ2n) is 5.04. The van der Waals surface area contributed by atoms with Crippen LogP contribution in [0.5, 0.6) is 0 Å². The maximum atomic E-state index is 13.9. The van der Waals surface area contributed by atoms with Gasteiger partial charge < -0.3 is 0 Å². The third-order valence-corrected chi connectivity index (χ3v) is 6.79. The van der Waals surface area contributed by atoms with Crippen molar-refractivity contribution >= 4 is 21.2 Å². The van der Waals surface area contributed by atoms with Gasteiger partial charge in [0, 0.05) is 16.5 Å². The average Bonchev–Trinajstić information content (AvgIpc) is 2.85. The van der Waals surface area contributed by atoms with Crippen LogP contribution >= 0.6 is 11.3 Å². The number of hydrogen-bond donors (Lipinski definition) is 0. The van der Waals surface area contributed by atoms with Crippen LogP contribution in [0.4, 0.5) is 8.78 Å². The Hall–Kier alpha value is -1.34. The van der Waals surface area contributed by atoms with Crippen LogP contribution in [0.3, 0.4) is 0 Å². The van der Waals surface area contributed by atoms with Gasteiger partial charge in [0.05, 0.1) is 22.2 Å². The number of aromatic nitrogens is 1. The molecule has 0 aliphatic rings.